The molecule has 81 heavy (non-hydrogen) atoms. The van der Waals surface area contributed by atoms with Crippen LogP contribution in [0.1, 0.15) is 143 Å². The van der Waals surface area contributed by atoms with Crippen LogP contribution in [0.4, 0.5) is 8.78 Å². The van der Waals surface area contributed by atoms with Crippen molar-refractivity contribution in [3.05, 3.63) is 211 Å². The normalized spacial score (nSPS) is 9.70. The molecule has 0 atom stereocenters. The van der Waals surface area contributed by atoms with Crippen molar-refractivity contribution in [3.8, 4) is 0 Å². The second kappa shape index (κ2) is 39.1. The minimum absolute atomic E-state index is 0.158. The van der Waals surface area contributed by atoms with Crippen molar-refractivity contribution in [1.82, 2.24) is 29.9 Å². The summed E-state index contributed by atoms with van der Waals surface area (Å²) in [6.07, 6.45) is 12.0. The van der Waals surface area contributed by atoms with Crippen molar-refractivity contribution in [1.29, 1.82) is 0 Å². The van der Waals surface area contributed by atoms with Gasteiger partial charge < -0.3 is 29.9 Å². The first-order chi connectivity index (χ1) is 39.1. The topological polar surface area (TPSA) is 94.7 Å². The van der Waals surface area contributed by atoms with E-state index in [0.29, 0.717) is 17.0 Å². The number of aryl methyl sites for hydroxylation is 5. The van der Waals surface area contributed by atoms with Gasteiger partial charge in [-0.25, -0.2) is 8.78 Å². The van der Waals surface area contributed by atoms with Crippen molar-refractivity contribution in [3.63, 3.8) is 0 Å². The summed E-state index contributed by atoms with van der Waals surface area (Å²) in [5, 5.41) is 9.89. The van der Waals surface area contributed by atoms with Gasteiger partial charge in [-0.3, -0.25) is 0 Å². The highest BCUT2D eigenvalue weighted by Gasteiger charge is 2.08. The highest BCUT2D eigenvalue weighted by molar-refractivity contribution is 6.36. The van der Waals surface area contributed by atoms with Crippen LogP contribution in [0.25, 0.3) is 65.4 Å². The fourth-order valence-electron chi connectivity index (χ4n) is 7.84. The molecule has 12 heteroatoms. The smallest absolute Gasteiger partial charge is 0.147 e. The molecule has 0 spiro atoms. The zero-order valence-corrected chi connectivity index (χ0v) is 54.4. The van der Waals surface area contributed by atoms with Gasteiger partial charge in [0.1, 0.15) is 11.6 Å². The second-order valence-corrected chi connectivity index (χ2v) is 18.8. The molecule has 6 heterocycles. The number of halogens is 6. The first-order valence-corrected chi connectivity index (χ1v) is 30.0. The van der Waals surface area contributed by atoms with Gasteiger partial charge >= 0.3 is 0 Å². The molecule has 0 unspecified atom stereocenters. The van der Waals surface area contributed by atoms with Crippen molar-refractivity contribution in [2.45, 2.75) is 144 Å². The van der Waals surface area contributed by atoms with E-state index in [1.54, 1.807) is 24.5 Å². The van der Waals surface area contributed by atoms with Gasteiger partial charge in [0.25, 0.3) is 0 Å². The fourth-order valence-corrected chi connectivity index (χ4v) is 8.84. The predicted molar refractivity (Wildman–Crippen MR) is 360 cm³/mol. The predicted octanol–water partition coefficient (Wildman–Crippen LogP) is 25.0. The molecule has 0 aliphatic carbocycles. The van der Waals surface area contributed by atoms with Crippen LogP contribution >= 0.6 is 46.4 Å². The largest absolute Gasteiger partial charge is 0.361 e. The zero-order chi connectivity index (χ0) is 61.4. The lowest BCUT2D eigenvalue weighted by Gasteiger charge is -2.05. The number of rotatable bonds is 2. The molecular weight excluding hydrogens is 1090 g/mol. The molecular formula is C69H90Cl4F2N6. The third-order valence-electron chi connectivity index (χ3n) is 11.7. The number of H-pyrrole nitrogens is 6. The molecule has 0 fully saturated rings. The molecule has 0 aliphatic heterocycles. The number of benzene rings is 6. The van der Waals surface area contributed by atoms with E-state index in [4.69, 9.17) is 46.4 Å². The number of fused-ring (bicyclic) bond motifs is 6. The van der Waals surface area contributed by atoms with Crippen molar-refractivity contribution in [2.75, 3.05) is 0 Å². The minimum atomic E-state index is -0.161. The Bertz CT molecular complexity index is 3510. The average molecular weight is 1180 g/mol. The molecule has 0 aliphatic rings. The number of hydrogen-bond donors (Lipinski definition) is 6. The Balaban J connectivity index is 0.000000468. The number of aromatic amines is 6. The van der Waals surface area contributed by atoms with E-state index in [9.17, 15) is 8.78 Å². The van der Waals surface area contributed by atoms with Gasteiger partial charge in [0.05, 0.1) is 26.6 Å². The van der Waals surface area contributed by atoms with Gasteiger partial charge in [-0.1, -0.05) is 156 Å². The van der Waals surface area contributed by atoms with Crippen LogP contribution in [0.15, 0.2) is 146 Å². The Labute approximate surface area is 502 Å². The molecule has 12 rings (SSSR count). The van der Waals surface area contributed by atoms with Gasteiger partial charge in [-0.05, 0) is 182 Å². The lowest BCUT2D eigenvalue weighted by Crippen LogP contribution is -1.89. The molecule has 0 saturated heterocycles. The van der Waals surface area contributed by atoms with Crippen LogP contribution in [0.5, 0.6) is 0 Å². The van der Waals surface area contributed by atoms with E-state index in [2.05, 4.69) is 68.9 Å². The Morgan fingerprint density at radius 2 is 0.877 bits per heavy atom. The Morgan fingerprint density at radius 3 is 1.46 bits per heavy atom. The van der Waals surface area contributed by atoms with Crippen molar-refractivity contribution in [2.24, 2.45) is 0 Å². The van der Waals surface area contributed by atoms with E-state index in [0.717, 1.165) is 87.0 Å². The molecule has 0 radical (unpaired) electrons. The maximum Gasteiger partial charge on any atom is 0.147 e. The first kappa shape index (κ1) is 72.6. The Hall–Kier alpha value is -6.42. The standard InChI is InChI=1S/C11H12FN.C10H10FN.4C9H8ClN.6C2H6/c1-7(2)9-5-8-3-4-13-11(8)10(12)6-9;1-2-7-5-8-3-4-12-10(8)9(11)6-7;1-6-4-7(10)5-9-8(6)2-3-11-9;1-6-4-7-2-3-11-9(7)5-8(6)10;1-6-4-7-2-3-11-9(7)8(10)5-6;1-6-2-3-8-7(9(6)10)4-5-11-8;6*1-2/h3-7,13H,1-2H3;3-6,12H,2H2,1H3;4*2-5,11H,1H3;6*1-2H3. The molecule has 6 nitrogen and oxygen atoms in total. The molecule has 12 aromatic rings. The van der Waals surface area contributed by atoms with Crippen LogP contribution in [0.2, 0.25) is 20.1 Å². The van der Waals surface area contributed by atoms with Crippen LogP contribution in [0, 0.1) is 39.3 Å². The van der Waals surface area contributed by atoms with E-state index >= 15 is 0 Å². The van der Waals surface area contributed by atoms with Gasteiger partial charge in [0.2, 0.25) is 0 Å². The second-order valence-electron chi connectivity index (χ2n) is 17.1. The Kier molecular flexibility index (Phi) is 35.0. The minimum Gasteiger partial charge on any atom is -0.361 e. The summed E-state index contributed by atoms with van der Waals surface area (Å²) < 4.78 is 26.6. The highest BCUT2D eigenvalue weighted by atomic mass is 35.5. The molecule has 6 aromatic heterocycles. The number of aromatic nitrogens is 6. The lowest BCUT2D eigenvalue weighted by molar-refractivity contribution is 0.633. The molecule has 6 aromatic carbocycles. The number of nitrogens with one attached hydrogen (secondary N) is 6. The third-order valence-corrected chi connectivity index (χ3v) is 13.1. The summed E-state index contributed by atoms with van der Waals surface area (Å²) in [6, 6.07) is 35.2. The summed E-state index contributed by atoms with van der Waals surface area (Å²) in [5.41, 5.74) is 12.3. The Morgan fingerprint density at radius 1 is 0.395 bits per heavy atom. The SMILES string of the molecule is CC.CC.CC.CC.CC.CC.CC(C)c1cc(F)c2[nH]ccc2c1.CCc1cc(F)c2[nH]ccc2c1.Cc1cc(Cl)c2[nH]ccc2c1.Cc1cc(Cl)cc2[nH]ccc12.Cc1cc2cc[nH]c2cc1Cl.Cc1ccc2[nH]ccc2c1Cl. The maximum absolute atomic E-state index is 13.4. The van der Waals surface area contributed by atoms with Crippen molar-refractivity contribution >= 4 is 112 Å². The monoisotopic (exact) mass is 1180 g/mol. The van der Waals surface area contributed by atoms with Crippen molar-refractivity contribution < 1.29 is 8.78 Å². The average Bonchev–Trinajstić information content (AvgIpc) is 4.36. The van der Waals surface area contributed by atoms with Gasteiger partial charge in [-0.2, -0.15) is 0 Å². The van der Waals surface area contributed by atoms with Gasteiger partial charge in [0.15, 0.2) is 0 Å². The third kappa shape index (κ3) is 21.4. The van der Waals surface area contributed by atoms with Crippen LogP contribution < -0.4 is 0 Å². The molecule has 0 saturated carbocycles. The highest BCUT2D eigenvalue weighted by Crippen LogP contribution is 2.28. The van der Waals surface area contributed by atoms with Gasteiger partial charge in [-0.15, -0.1) is 0 Å². The summed E-state index contributed by atoms with van der Waals surface area (Å²) in [6.45, 7) is 38.3. The maximum atomic E-state index is 13.4. The quantitative estimate of drug-likeness (QED) is 0.0995. The van der Waals surface area contributed by atoms with Crippen LogP contribution in [-0.2, 0) is 6.42 Å². The molecule has 438 valence electrons. The fraction of sp³-hybridized carbons (Fsp3) is 0.304. The summed E-state index contributed by atoms with van der Waals surface area (Å²) in [4.78, 5) is 18.1. The lowest BCUT2D eigenvalue weighted by atomic mass is 10.0. The molecule has 6 N–H and O–H groups in total. The van der Waals surface area contributed by atoms with Crippen LogP contribution in [0.3, 0.4) is 0 Å². The number of hydrogen-bond acceptors (Lipinski definition) is 0. The summed E-state index contributed by atoms with van der Waals surface area (Å²) >= 11 is 23.8. The van der Waals surface area contributed by atoms with E-state index < -0.39 is 0 Å². The zero-order valence-electron chi connectivity index (χ0n) is 51.4. The molecule has 0 amide bonds. The van der Waals surface area contributed by atoms with E-state index in [1.165, 1.54) is 27.3 Å². The van der Waals surface area contributed by atoms with Crippen LogP contribution in [-0.4, -0.2) is 29.9 Å². The molecule has 0 bridgehead atoms. The summed E-state index contributed by atoms with van der Waals surface area (Å²) in [5.74, 6) is 0.0503. The van der Waals surface area contributed by atoms with E-state index in [-0.39, 0.29) is 11.6 Å². The summed E-state index contributed by atoms with van der Waals surface area (Å²) in [7, 11) is 0. The van der Waals surface area contributed by atoms with E-state index in [1.807, 2.05) is 214 Å². The van der Waals surface area contributed by atoms with Gasteiger partial charge in [0, 0.05) is 90.7 Å². The first-order valence-electron chi connectivity index (χ1n) is 28.5.